The summed E-state index contributed by atoms with van der Waals surface area (Å²) >= 11 is 0. The third-order valence-electron chi connectivity index (χ3n) is 4.26. The molecule has 0 aliphatic carbocycles. The van der Waals surface area contributed by atoms with Crippen molar-refractivity contribution in [2.45, 2.75) is 27.3 Å². The van der Waals surface area contributed by atoms with Crippen LogP contribution in [0.3, 0.4) is 0 Å². The summed E-state index contributed by atoms with van der Waals surface area (Å²) in [6.07, 6.45) is 0. The molecule has 0 spiro atoms. The minimum absolute atomic E-state index is 0.0809. The first-order chi connectivity index (χ1) is 13.0. The molecule has 0 radical (unpaired) electrons. The summed E-state index contributed by atoms with van der Waals surface area (Å²) in [5.74, 6) is 0.447. The summed E-state index contributed by atoms with van der Waals surface area (Å²) in [5, 5.41) is 15.6. The van der Waals surface area contributed by atoms with E-state index in [0.717, 1.165) is 33.5 Å². The number of hydrogen-bond acceptors (Lipinski definition) is 4. The molecular weight excluding hydrogens is 340 g/mol. The lowest BCUT2D eigenvalue weighted by Crippen LogP contribution is -2.21. The van der Waals surface area contributed by atoms with E-state index in [2.05, 4.69) is 26.8 Å². The van der Waals surface area contributed by atoms with Crippen molar-refractivity contribution in [2.24, 2.45) is 0 Å². The summed E-state index contributed by atoms with van der Waals surface area (Å²) in [4.78, 5) is 12.6. The van der Waals surface area contributed by atoms with Crippen molar-refractivity contribution in [3.05, 3.63) is 65.4 Å². The molecule has 7 nitrogen and oxygen atoms in total. The number of aryl methyl sites for hydroxylation is 3. The molecule has 0 aliphatic heterocycles. The largest absolute Gasteiger partial charge is 0.309 e. The summed E-state index contributed by atoms with van der Waals surface area (Å²) in [7, 11) is 0. The van der Waals surface area contributed by atoms with E-state index in [1.165, 1.54) is 0 Å². The zero-order valence-electron chi connectivity index (χ0n) is 15.5. The number of nitrogens with one attached hydrogen (secondary N) is 1. The van der Waals surface area contributed by atoms with Crippen LogP contribution in [0.15, 0.2) is 48.5 Å². The molecule has 0 bridgehead atoms. The number of carbonyl (C=O) groups excluding carboxylic acids is 1. The van der Waals surface area contributed by atoms with Gasteiger partial charge in [-0.3, -0.25) is 4.79 Å². The second-order valence-electron chi connectivity index (χ2n) is 6.71. The van der Waals surface area contributed by atoms with Crippen molar-refractivity contribution in [1.29, 1.82) is 0 Å². The number of carbonyl (C=O) groups is 1. The van der Waals surface area contributed by atoms with Crippen LogP contribution in [0, 0.1) is 20.8 Å². The molecule has 7 heteroatoms. The summed E-state index contributed by atoms with van der Waals surface area (Å²) in [5.41, 5.74) is 5.62. The molecule has 2 aromatic heterocycles. The van der Waals surface area contributed by atoms with E-state index in [0.29, 0.717) is 5.82 Å². The van der Waals surface area contributed by atoms with Gasteiger partial charge in [-0.05, 0) is 56.2 Å². The molecule has 4 rings (SSSR count). The molecule has 0 saturated heterocycles. The Hall–Kier alpha value is -3.48. The molecule has 0 atom stereocenters. The van der Waals surface area contributed by atoms with Gasteiger partial charge in [-0.2, -0.15) is 5.10 Å². The average molecular weight is 360 g/mol. The quantitative estimate of drug-likeness (QED) is 0.606. The first-order valence-electron chi connectivity index (χ1n) is 8.73. The van der Waals surface area contributed by atoms with E-state index < -0.39 is 0 Å². The maximum Gasteiger partial charge on any atom is 0.247 e. The van der Waals surface area contributed by atoms with Crippen molar-refractivity contribution < 1.29 is 4.79 Å². The minimum Gasteiger partial charge on any atom is -0.309 e. The second-order valence-corrected chi connectivity index (χ2v) is 6.71. The Labute approximate surface area is 156 Å². The van der Waals surface area contributed by atoms with Crippen molar-refractivity contribution in [2.75, 3.05) is 5.32 Å². The number of nitrogens with zero attached hydrogens (tertiary/aromatic N) is 5. The zero-order chi connectivity index (χ0) is 19.0. The van der Waals surface area contributed by atoms with E-state index in [1.807, 2.05) is 63.2 Å². The number of aromatic nitrogens is 5. The Balaban J connectivity index is 1.60. The van der Waals surface area contributed by atoms with Gasteiger partial charge in [0.05, 0.1) is 16.9 Å². The molecule has 4 aromatic rings. The van der Waals surface area contributed by atoms with E-state index in [1.54, 1.807) is 9.36 Å². The molecule has 0 aliphatic rings. The smallest absolute Gasteiger partial charge is 0.247 e. The second kappa shape index (κ2) is 6.68. The van der Waals surface area contributed by atoms with Crippen LogP contribution in [0.2, 0.25) is 0 Å². The van der Waals surface area contributed by atoms with Crippen LogP contribution in [-0.2, 0) is 11.3 Å². The lowest BCUT2D eigenvalue weighted by molar-refractivity contribution is -0.116. The zero-order valence-corrected chi connectivity index (χ0v) is 15.5. The van der Waals surface area contributed by atoms with Gasteiger partial charge in [0.2, 0.25) is 5.91 Å². The number of para-hydroxylation sites is 1. The monoisotopic (exact) mass is 360 g/mol. The van der Waals surface area contributed by atoms with E-state index >= 15 is 0 Å². The van der Waals surface area contributed by atoms with Crippen molar-refractivity contribution in [3.63, 3.8) is 0 Å². The van der Waals surface area contributed by atoms with Gasteiger partial charge in [-0.25, -0.2) is 9.36 Å². The van der Waals surface area contributed by atoms with Gasteiger partial charge in [0.1, 0.15) is 17.9 Å². The first-order valence-corrected chi connectivity index (χ1v) is 8.73. The number of anilines is 1. The molecule has 0 unspecified atom stereocenters. The van der Waals surface area contributed by atoms with E-state index in [4.69, 9.17) is 0 Å². The topological polar surface area (TPSA) is 77.6 Å². The molecule has 2 heterocycles. The Kier molecular flexibility index (Phi) is 4.19. The molecule has 1 amide bonds. The summed E-state index contributed by atoms with van der Waals surface area (Å²) in [6, 6.07) is 15.6. The highest BCUT2D eigenvalue weighted by molar-refractivity contribution is 5.91. The van der Waals surface area contributed by atoms with Crippen LogP contribution < -0.4 is 5.32 Å². The van der Waals surface area contributed by atoms with Gasteiger partial charge in [0.15, 0.2) is 0 Å². The fraction of sp³-hybridized carbons (Fsp3) is 0.200. The van der Waals surface area contributed by atoms with Crippen molar-refractivity contribution in [1.82, 2.24) is 24.8 Å². The molecule has 0 fully saturated rings. The highest BCUT2D eigenvalue weighted by Gasteiger charge is 2.14. The minimum atomic E-state index is -0.184. The maximum atomic E-state index is 12.6. The number of rotatable bonds is 4. The lowest BCUT2D eigenvalue weighted by Gasteiger charge is -2.11. The molecular formula is C20H20N6O. The van der Waals surface area contributed by atoms with Gasteiger partial charge < -0.3 is 5.32 Å². The lowest BCUT2D eigenvalue weighted by atomic mass is 10.1. The van der Waals surface area contributed by atoms with Crippen molar-refractivity contribution in [3.8, 4) is 5.69 Å². The summed E-state index contributed by atoms with van der Waals surface area (Å²) < 4.78 is 3.35. The van der Waals surface area contributed by atoms with Gasteiger partial charge >= 0.3 is 0 Å². The average Bonchev–Trinajstić information content (AvgIpc) is 3.18. The molecule has 1 N–H and O–H groups in total. The van der Waals surface area contributed by atoms with E-state index in [9.17, 15) is 4.79 Å². The van der Waals surface area contributed by atoms with E-state index in [-0.39, 0.29) is 12.5 Å². The highest BCUT2D eigenvalue weighted by Crippen LogP contribution is 2.20. The standard InChI is InChI=1S/C20H20N6O/c1-13-8-14(2)10-16(9-13)26-19(11-15(3)23-26)21-20(27)12-25-18-7-5-4-6-17(18)22-24-25/h4-11H,12H2,1-3H3,(H,21,27). The van der Waals surface area contributed by atoms with Gasteiger partial charge in [-0.1, -0.05) is 23.4 Å². The fourth-order valence-electron chi connectivity index (χ4n) is 3.21. The maximum absolute atomic E-state index is 12.6. The Morgan fingerprint density at radius 3 is 2.56 bits per heavy atom. The van der Waals surface area contributed by atoms with Crippen LogP contribution in [0.4, 0.5) is 5.82 Å². The van der Waals surface area contributed by atoms with Gasteiger partial charge in [0.25, 0.3) is 0 Å². The Morgan fingerprint density at radius 2 is 1.78 bits per heavy atom. The van der Waals surface area contributed by atoms with Crippen LogP contribution >= 0.6 is 0 Å². The van der Waals surface area contributed by atoms with Crippen LogP contribution in [0.1, 0.15) is 16.8 Å². The van der Waals surface area contributed by atoms with Crippen LogP contribution in [-0.4, -0.2) is 30.7 Å². The Bertz CT molecular complexity index is 1120. The highest BCUT2D eigenvalue weighted by atomic mass is 16.2. The van der Waals surface area contributed by atoms with Crippen LogP contribution in [0.5, 0.6) is 0 Å². The van der Waals surface area contributed by atoms with Crippen LogP contribution in [0.25, 0.3) is 16.7 Å². The predicted molar refractivity (Wildman–Crippen MR) is 104 cm³/mol. The molecule has 136 valence electrons. The molecule has 0 saturated carbocycles. The number of fused-ring (bicyclic) bond motifs is 1. The normalized spacial score (nSPS) is 11.1. The number of amides is 1. The fourth-order valence-corrected chi connectivity index (χ4v) is 3.21. The molecule has 2 aromatic carbocycles. The van der Waals surface area contributed by atoms with Gasteiger partial charge in [0, 0.05) is 6.07 Å². The number of benzene rings is 2. The third-order valence-corrected chi connectivity index (χ3v) is 4.26. The summed E-state index contributed by atoms with van der Waals surface area (Å²) in [6.45, 7) is 6.07. The Morgan fingerprint density at radius 1 is 1.04 bits per heavy atom. The third kappa shape index (κ3) is 3.44. The molecule has 27 heavy (non-hydrogen) atoms. The van der Waals surface area contributed by atoms with Crippen molar-refractivity contribution >= 4 is 22.8 Å². The first kappa shape index (κ1) is 17.0. The van der Waals surface area contributed by atoms with Gasteiger partial charge in [-0.15, -0.1) is 5.10 Å². The predicted octanol–water partition coefficient (Wildman–Crippen LogP) is 3.18. The number of hydrogen-bond donors (Lipinski definition) is 1. The SMILES string of the molecule is Cc1cc(C)cc(-n2nc(C)cc2NC(=O)Cn2nnc3ccccc32)c1.